The highest BCUT2D eigenvalue weighted by molar-refractivity contribution is 6.31. The molecule has 0 amide bonds. The third kappa shape index (κ3) is 3.47. The van der Waals surface area contributed by atoms with E-state index in [9.17, 15) is 5.11 Å². The van der Waals surface area contributed by atoms with Gasteiger partial charge in [-0.05, 0) is 32.3 Å². The fourth-order valence-electron chi connectivity index (χ4n) is 2.57. The molecule has 114 valence electrons. The number of rotatable bonds is 6. The maximum atomic E-state index is 9.76. The lowest BCUT2D eigenvalue weighted by molar-refractivity contribution is 0.262. The van der Waals surface area contributed by atoms with E-state index in [0.29, 0.717) is 6.42 Å². The lowest BCUT2D eigenvalue weighted by Gasteiger charge is -2.16. The van der Waals surface area contributed by atoms with Crippen molar-refractivity contribution in [3.05, 3.63) is 51.8 Å². The van der Waals surface area contributed by atoms with Crippen LogP contribution in [0.5, 0.6) is 0 Å². The summed E-state index contributed by atoms with van der Waals surface area (Å²) in [5.74, 6) is 0.0507. The van der Waals surface area contributed by atoms with Crippen LogP contribution in [0.15, 0.2) is 24.3 Å². The van der Waals surface area contributed by atoms with E-state index in [4.69, 9.17) is 11.6 Å². The van der Waals surface area contributed by atoms with E-state index >= 15 is 0 Å². The Bertz CT molecular complexity index is 590. The number of halogens is 1. The van der Waals surface area contributed by atoms with Crippen molar-refractivity contribution in [1.29, 1.82) is 0 Å². The second-order valence-corrected chi connectivity index (χ2v) is 5.75. The van der Waals surface area contributed by atoms with Gasteiger partial charge in [0.05, 0.1) is 23.0 Å². The summed E-state index contributed by atoms with van der Waals surface area (Å²) in [4.78, 5) is 0. The molecule has 1 aromatic heterocycles. The van der Waals surface area contributed by atoms with Crippen molar-refractivity contribution in [3.63, 3.8) is 0 Å². The fourth-order valence-corrected chi connectivity index (χ4v) is 2.92. The largest absolute Gasteiger partial charge is 0.396 e. The summed E-state index contributed by atoms with van der Waals surface area (Å²) in [7, 11) is 0. The van der Waals surface area contributed by atoms with Crippen LogP contribution in [0.2, 0.25) is 5.02 Å². The number of hydrogen-bond donors (Lipinski definition) is 1. The van der Waals surface area contributed by atoms with E-state index in [1.165, 1.54) is 5.56 Å². The van der Waals surface area contributed by atoms with Crippen molar-refractivity contribution in [2.45, 2.75) is 46.1 Å². The van der Waals surface area contributed by atoms with Gasteiger partial charge < -0.3 is 5.11 Å². The molecule has 3 nitrogen and oxygen atoms in total. The summed E-state index contributed by atoms with van der Waals surface area (Å²) < 4.78 is 1.96. The maximum absolute atomic E-state index is 9.76. The molecule has 0 aliphatic carbocycles. The van der Waals surface area contributed by atoms with Crippen molar-refractivity contribution >= 4 is 11.6 Å². The Hall–Kier alpha value is -1.32. The monoisotopic (exact) mass is 306 g/mol. The Morgan fingerprint density at radius 2 is 1.90 bits per heavy atom. The Morgan fingerprint density at radius 1 is 1.24 bits per heavy atom. The lowest BCUT2D eigenvalue weighted by atomic mass is 9.94. The first kappa shape index (κ1) is 16.1. The van der Waals surface area contributed by atoms with Crippen molar-refractivity contribution in [3.8, 4) is 0 Å². The van der Waals surface area contributed by atoms with Gasteiger partial charge >= 0.3 is 0 Å². The Labute approximate surface area is 131 Å². The van der Waals surface area contributed by atoms with Gasteiger partial charge in [-0.1, -0.05) is 48.4 Å². The van der Waals surface area contributed by atoms with Crippen LogP contribution in [0.25, 0.3) is 0 Å². The number of aromatic nitrogens is 2. The molecule has 1 atom stereocenters. The molecule has 2 aromatic rings. The van der Waals surface area contributed by atoms with E-state index in [2.05, 4.69) is 50.1 Å². The smallest absolute Gasteiger partial charge is 0.0850 e. The van der Waals surface area contributed by atoms with E-state index in [1.807, 2.05) is 4.68 Å². The van der Waals surface area contributed by atoms with Crippen LogP contribution in [0, 0.1) is 6.92 Å². The minimum Gasteiger partial charge on any atom is -0.396 e. The molecule has 2 rings (SSSR count). The zero-order valence-electron chi connectivity index (χ0n) is 12.9. The summed E-state index contributed by atoms with van der Waals surface area (Å²) in [5, 5.41) is 15.1. The van der Waals surface area contributed by atoms with Crippen molar-refractivity contribution in [2.75, 3.05) is 6.61 Å². The van der Waals surface area contributed by atoms with Gasteiger partial charge in [0, 0.05) is 12.5 Å². The molecule has 21 heavy (non-hydrogen) atoms. The van der Waals surface area contributed by atoms with Crippen LogP contribution in [0.1, 0.15) is 42.3 Å². The minimum atomic E-state index is 0.0507. The van der Waals surface area contributed by atoms with Gasteiger partial charge in [-0.3, -0.25) is 4.68 Å². The average Bonchev–Trinajstić information content (AvgIpc) is 2.81. The van der Waals surface area contributed by atoms with Crippen LogP contribution >= 0.6 is 11.6 Å². The third-order valence-corrected chi connectivity index (χ3v) is 4.34. The van der Waals surface area contributed by atoms with Crippen molar-refractivity contribution in [1.82, 2.24) is 9.78 Å². The summed E-state index contributed by atoms with van der Waals surface area (Å²) in [5.41, 5.74) is 4.33. The van der Waals surface area contributed by atoms with Gasteiger partial charge in [-0.2, -0.15) is 5.10 Å². The van der Waals surface area contributed by atoms with Gasteiger partial charge in [0.1, 0.15) is 0 Å². The second kappa shape index (κ2) is 7.10. The predicted octanol–water partition coefficient (Wildman–Crippen LogP) is 3.75. The van der Waals surface area contributed by atoms with Gasteiger partial charge in [-0.15, -0.1) is 0 Å². The number of aliphatic hydroxyl groups is 1. The molecule has 1 aromatic carbocycles. The van der Waals surface area contributed by atoms with Crippen molar-refractivity contribution < 1.29 is 5.11 Å². The highest BCUT2D eigenvalue weighted by atomic mass is 35.5. The zero-order chi connectivity index (χ0) is 15.4. The summed E-state index contributed by atoms with van der Waals surface area (Å²) >= 11 is 6.46. The van der Waals surface area contributed by atoms with E-state index < -0.39 is 0 Å². The Balaban J connectivity index is 2.30. The highest BCUT2D eigenvalue weighted by Crippen LogP contribution is 2.28. The van der Waals surface area contributed by atoms with Crippen LogP contribution in [0.4, 0.5) is 0 Å². The summed E-state index contributed by atoms with van der Waals surface area (Å²) in [6.45, 7) is 7.08. The van der Waals surface area contributed by atoms with E-state index in [-0.39, 0.29) is 12.5 Å². The van der Waals surface area contributed by atoms with Crippen LogP contribution < -0.4 is 0 Å². The molecule has 0 fully saturated rings. The number of benzene rings is 1. The average molecular weight is 307 g/mol. The number of nitrogens with zero attached hydrogens (tertiary/aromatic N) is 2. The predicted molar refractivity (Wildman–Crippen MR) is 87.0 cm³/mol. The first-order valence-corrected chi connectivity index (χ1v) is 7.89. The molecule has 0 aliphatic rings. The maximum Gasteiger partial charge on any atom is 0.0850 e. The normalized spacial score (nSPS) is 12.6. The molecular formula is C17H23ClN2O. The molecule has 1 heterocycles. The first-order chi connectivity index (χ1) is 10.1. The molecule has 0 saturated heterocycles. The van der Waals surface area contributed by atoms with Crippen LogP contribution in [0.3, 0.4) is 0 Å². The highest BCUT2D eigenvalue weighted by Gasteiger charge is 2.19. The Morgan fingerprint density at radius 3 is 2.43 bits per heavy atom. The van der Waals surface area contributed by atoms with E-state index in [1.54, 1.807) is 0 Å². The molecule has 4 heteroatoms. The first-order valence-electron chi connectivity index (χ1n) is 7.52. The topological polar surface area (TPSA) is 38.0 Å². The SMILES string of the molecule is CCc1nn(CC)c(CC(CO)c2ccc(C)cc2)c1Cl. The van der Waals surface area contributed by atoms with Gasteiger partial charge in [0.15, 0.2) is 0 Å². The Kier molecular flexibility index (Phi) is 5.43. The molecule has 0 spiro atoms. The zero-order valence-corrected chi connectivity index (χ0v) is 13.7. The number of hydrogen-bond acceptors (Lipinski definition) is 2. The molecule has 0 bridgehead atoms. The molecule has 0 radical (unpaired) electrons. The van der Waals surface area contributed by atoms with Crippen LogP contribution in [-0.4, -0.2) is 21.5 Å². The van der Waals surface area contributed by atoms with Gasteiger partial charge in [0.25, 0.3) is 0 Å². The summed E-state index contributed by atoms with van der Waals surface area (Å²) in [6, 6.07) is 8.32. The van der Waals surface area contributed by atoms with Gasteiger partial charge in [-0.25, -0.2) is 0 Å². The quantitative estimate of drug-likeness (QED) is 0.882. The molecule has 1 unspecified atom stereocenters. The van der Waals surface area contributed by atoms with E-state index in [0.717, 1.165) is 34.9 Å². The number of aryl methyl sites for hydroxylation is 3. The second-order valence-electron chi connectivity index (χ2n) is 5.37. The third-order valence-electron chi connectivity index (χ3n) is 3.90. The van der Waals surface area contributed by atoms with Crippen molar-refractivity contribution in [2.24, 2.45) is 0 Å². The fraction of sp³-hybridized carbons (Fsp3) is 0.471. The molecule has 0 saturated carbocycles. The minimum absolute atomic E-state index is 0.0507. The number of aliphatic hydroxyl groups excluding tert-OH is 1. The molecule has 1 N–H and O–H groups in total. The lowest BCUT2D eigenvalue weighted by Crippen LogP contribution is -2.12. The standard InChI is InChI=1S/C17H23ClN2O/c1-4-15-17(18)16(20(5-2)19-15)10-14(11-21)13-8-6-12(3)7-9-13/h6-9,14,21H,4-5,10-11H2,1-3H3. The summed E-state index contributed by atoms with van der Waals surface area (Å²) in [6.07, 6.45) is 1.53. The molecular weight excluding hydrogens is 284 g/mol. The van der Waals surface area contributed by atoms with Gasteiger partial charge in [0.2, 0.25) is 0 Å². The molecule has 0 aliphatic heterocycles. The van der Waals surface area contributed by atoms with Crippen LogP contribution in [-0.2, 0) is 19.4 Å².